The van der Waals surface area contributed by atoms with E-state index in [0.717, 1.165) is 0 Å². The molecule has 0 aliphatic rings. The number of aromatic nitrogens is 2. The third-order valence-corrected chi connectivity index (χ3v) is 2.83. The zero-order valence-corrected chi connectivity index (χ0v) is 12.0. The first-order valence-corrected chi connectivity index (χ1v) is 6.48. The number of methoxy groups -OCH3 is 1. The Hall–Kier alpha value is -1.63. The van der Waals surface area contributed by atoms with E-state index >= 15 is 0 Å². The summed E-state index contributed by atoms with van der Waals surface area (Å²) >= 11 is 5.89. The summed E-state index contributed by atoms with van der Waals surface area (Å²) in [4.78, 5) is 4.21. The summed E-state index contributed by atoms with van der Waals surface area (Å²) in [6, 6.07) is 6.67. The average molecular weight is 298 g/mol. The predicted molar refractivity (Wildman–Crippen MR) is 73.6 cm³/mol. The number of hydrogen-bond donors (Lipinski definition) is 1. The van der Waals surface area contributed by atoms with Crippen LogP contribution in [0.2, 0.25) is 5.02 Å². The van der Waals surface area contributed by atoms with Crippen molar-refractivity contribution in [3.63, 3.8) is 0 Å². The van der Waals surface area contributed by atoms with Gasteiger partial charge in [-0.25, -0.2) is 0 Å². The fourth-order valence-electron chi connectivity index (χ4n) is 1.61. The molecule has 2 aromatic rings. The Balaban J connectivity index is 2.04. The van der Waals surface area contributed by atoms with Crippen molar-refractivity contribution in [2.45, 2.75) is 19.1 Å². The fraction of sp³-hybridized carbons (Fsp3) is 0.385. The molecular weight excluding hydrogens is 282 g/mol. The quantitative estimate of drug-likeness (QED) is 0.882. The lowest BCUT2D eigenvalue weighted by molar-refractivity contribution is 0.172. The van der Waals surface area contributed by atoms with E-state index < -0.39 is 12.1 Å². The van der Waals surface area contributed by atoms with Crippen LogP contribution in [0, 0.1) is 0 Å². The van der Waals surface area contributed by atoms with E-state index in [4.69, 9.17) is 31.3 Å². The number of benzene rings is 1. The maximum atomic E-state index is 5.89. The fourth-order valence-corrected chi connectivity index (χ4v) is 1.79. The molecular formula is C13H16ClN3O3. The molecule has 0 amide bonds. The summed E-state index contributed by atoms with van der Waals surface area (Å²) in [5.74, 6) is 1.38. The van der Waals surface area contributed by atoms with Crippen molar-refractivity contribution in [2.24, 2.45) is 5.73 Å². The molecule has 1 aromatic heterocycles. The van der Waals surface area contributed by atoms with Gasteiger partial charge in [0.1, 0.15) is 5.75 Å². The number of nitrogens with two attached hydrogens (primary N) is 1. The Morgan fingerprint density at radius 1 is 1.45 bits per heavy atom. The molecule has 7 heteroatoms. The Morgan fingerprint density at radius 2 is 2.25 bits per heavy atom. The van der Waals surface area contributed by atoms with Crippen LogP contribution in [0.5, 0.6) is 5.75 Å². The van der Waals surface area contributed by atoms with Gasteiger partial charge in [0.05, 0.1) is 12.6 Å². The standard InChI is InChI=1S/C13H16ClN3O3/c1-8(19-10-5-3-4-9(14)6-10)13-16-12(17-20-13)11(15)7-18-2/h3-6,8,11H,7,15H2,1-2H3. The van der Waals surface area contributed by atoms with Gasteiger partial charge in [-0.05, 0) is 25.1 Å². The first-order chi connectivity index (χ1) is 9.60. The summed E-state index contributed by atoms with van der Waals surface area (Å²) in [7, 11) is 1.56. The van der Waals surface area contributed by atoms with Crippen LogP contribution in [-0.2, 0) is 4.74 Å². The molecule has 0 bridgehead atoms. The molecule has 2 rings (SSSR count). The van der Waals surface area contributed by atoms with E-state index in [1.165, 1.54) is 0 Å². The van der Waals surface area contributed by atoms with Crippen molar-refractivity contribution in [1.29, 1.82) is 0 Å². The highest BCUT2D eigenvalue weighted by Gasteiger charge is 2.19. The minimum atomic E-state index is -0.420. The molecule has 2 unspecified atom stereocenters. The van der Waals surface area contributed by atoms with Crippen molar-refractivity contribution in [2.75, 3.05) is 13.7 Å². The number of nitrogens with zero attached hydrogens (tertiary/aromatic N) is 2. The topological polar surface area (TPSA) is 83.4 Å². The minimum Gasteiger partial charge on any atom is -0.481 e. The van der Waals surface area contributed by atoms with Gasteiger partial charge in [0.2, 0.25) is 0 Å². The Kier molecular flexibility index (Phi) is 4.94. The lowest BCUT2D eigenvalue weighted by Gasteiger charge is -2.10. The van der Waals surface area contributed by atoms with Crippen LogP contribution in [0.25, 0.3) is 0 Å². The van der Waals surface area contributed by atoms with Gasteiger partial charge in [-0.3, -0.25) is 0 Å². The molecule has 0 radical (unpaired) electrons. The molecule has 1 aromatic carbocycles. The second-order valence-corrected chi connectivity index (χ2v) is 4.71. The molecule has 0 aliphatic carbocycles. The Morgan fingerprint density at radius 3 is 2.95 bits per heavy atom. The van der Waals surface area contributed by atoms with E-state index in [1.807, 2.05) is 0 Å². The monoisotopic (exact) mass is 297 g/mol. The molecule has 108 valence electrons. The van der Waals surface area contributed by atoms with Gasteiger partial charge in [0, 0.05) is 12.1 Å². The summed E-state index contributed by atoms with van der Waals surface area (Å²) in [5.41, 5.74) is 5.82. The number of rotatable bonds is 6. The largest absolute Gasteiger partial charge is 0.481 e. The van der Waals surface area contributed by atoms with Crippen LogP contribution in [0.3, 0.4) is 0 Å². The zero-order valence-electron chi connectivity index (χ0n) is 11.2. The lowest BCUT2D eigenvalue weighted by atomic mass is 10.3. The molecule has 20 heavy (non-hydrogen) atoms. The van der Waals surface area contributed by atoms with E-state index in [2.05, 4.69) is 10.1 Å². The molecule has 1 heterocycles. The lowest BCUT2D eigenvalue weighted by Crippen LogP contribution is -2.17. The SMILES string of the molecule is COCC(N)c1noc(C(C)Oc2cccc(Cl)c2)n1. The summed E-state index contributed by atoms with van der Waals surface area (Å²) in [6.45, 7) is 2.13. The van der Waals surface area contributed by atoms with E-state index in [1.54, 1.807) is 38.3 Å². The van der Waals surface area contributed by atoms with Gasteiger partial charge in [-0.1, -0.05) is 22.8 Å². The van der Waals surface area contributed by atoms with E-state index in [9.17, 15) is 0 Å². The highest BCUT2D eigenvalue weighted by molar-refractivity contribution is 6.30. The van der Waals surface area contributed by atoms with Gasteiger partial charge < -0.3 is 19.7 Å². The second-order valence-electron chi connectivity index (χ2n) is 4.27. The summed E-state index contributed by atoms with van der Waals surface area (Å²) in [6.07, 6.45) is -0.399. The average Bonchev–Trinajstić information content (AvgIpc) is 2.88. The highest BCUT2D eigenvalue weighted by atomic mass is 35.5. The molecule has 0 aliphatic heterocycles. The molecule has 2 N–H and O–H groups in total. The van der Waals surface area contributed by atoms with Crippen LogP contribution in [0.4, 0.5) is 0 Å². The van der Waals surface area contributed by atoms with Gasteiger partial charge in [-0.2, -0.15) is 4.98 Å². The van der Waals surface area contributed by atoms with Gasteiger partial charge >= 0.3 is 0 Å². The number of halogens is 1. The van der Waals surface area contributed by atoms with E-state index in [-0.39, 0.29) is 0 Å². The minimum absolute atomic E-state index is 0.322. The van der Waals surface area contributed by atoms with Gasteiger partial charge in [0.15, 0.2) is 11.9 Å². The number of ether oxygens (including phenoxy) is 2. The smallest absolute Gasteiger partial charge is 0.267 e. The van der Waals surface area contributed by atoms with Crippen LogP contribution in [0.15, 0.2) is 28.8 Å². The molecule has 2 atom stereocenters. The van der Waals surface area contributed by atoms with Crippen LogP contribution < -0.4 is 10.5 Å². The van der Waals surface area contributed by atoms with Gasteiger partial charge in [-0.15, -0.1) is 0 Å². The second kappa shape index (κ2) is 6.69. The predicted octanol–water partition coefficient (Wildman–Crippen LogP) is 2.51. The summed E-state index contributed by atoms with van der Waals surface area (Å²) < 4.78 is 15.8. The molecule has 0 saturated heterocycles. The van der Waals surface area contributed by atoms with Crippen LogP contribution >= 0.6 is 11.6 Å². The highest BCUT2D eigenvalue weighted by Crippen LogP contribution is 2.23. The van der Waals surface area contributed by atoms with Crippen LogP contribution in [0.1, 0.15) is 30.8 Å². The Labute approximate surface area is 121 Å². The third-order valence-electron chi connectivity index (χ3n) is 2.59. The van der Waals surface area contributed by atoms with E-state index in [0.29, 0.717) is 29.1 Å². The van der Waals surface area contributed by atoms with Crippen molar-refractivity contribution >= 4 is 11.6 Å². The van der Waals surface area contributed by atoms with Gasteiger partial charge in [0.25, 0.3) is 5.89 Å². The molecule has 0 spiro atoms. The molecule has 6 nitrogen and oxygen atoms in total. The molecule has 0 fully saturated rings. The van der Waals surface area contributed by atoms with Crippen molar-refractivity contribution < 1.29 is 14.0 Å². The maximum Gasteiger partial charge on any atom is 0.267 e. The first-order valence-electron chi connectivity index (χ1n) is 6.10. The maximum absolute atomic E-state index is 5.89. The first kappa shape index (κ1) is 14.8. The zero-order chi connectivity index (χ0) is 14.5. The molecule has 0 saturated carbocycles. The van der Waals surface area contributed by atoms with Crippen molar-refractivity contribution in [1.82, 2.24) is 10.1 Å². The summed E-state index contributed by atoms with van der Waals surface area (Å²) in [5, 5.41) is 4.42. The van der Waals surface area contributed by atoms with Crippen molar-refractivity contribution in [3.05, 3.63) is 41.0 Å². The normalized spacial score (nSPS) is 14.0. The Bertz CT molecular complexity index is 561. The van der Waals surface area contributed by atoms with Crippen LogP contribution in [-0.4, -0.2) is 23.9 Å². The number of hydrogen-bond acceptors (Lipinski definition) is 6. The third kappa shape index (κ3) is 3.69. The van der Waals surface area contributed by atoms with Crippen molar-refractivity contribution in [3.8, 4) is 5.75 Å².